The normalized spacial score (nSPS) is 36.6. The summed E-state index contributed by atoms with van der Waals surface area (Å²) >= 11 is 0. The molecule has 0 aromatic rings. The van der Waals surface area contributed by atoms with E-state index in [4.69, 9.17) is 0 Å². The van der Waals surface area contributed by atoms with Crippen molar-refractivity contribution < 1.29 is 17.6 Å². The summed E-state index contributed by atoms with van der Waals surface area (Å²) in [5, 5.41) is 2.98. The standard InChI is InChI=1S/C9H13F4N/c10-8(11)5-1-6(2-5)14-7-3-9(12,13)4-7/h5-8,14H,1-4H2. The molecule has 82 valence electrons. The number of nitrogens with one attached hydrogen (secondary N) is 1. The van der Waals surface area contributed by atoms with Gasteiger partial charge in [-0.3, -0.25) is 0 Å². The highest BCUT2D eigenvalue weighted by Crippen LogP contribution is 2.40. The Morgan fingerprint density at radius 2 is 1.64 bits per heavy atom. The van der Waals surface area contributed by atoms with Crippen molar-refractivity contribution in [1.29, 1.82) is 0 Å². The summed E-state index contributed by atoms with van der Waals surface area (Å²) in [4.78, 5) is 0. The zero-order valence-electron chi connectivity index (χ0n) is 7.65. The van der Waals surface area contributed by atoms with Gasteiger partial charge in [0.1, 0.15) is 0 Å². The first-order chi connectivity index (χ1) is 6.46. The average molecular weight is 211 g/mol. The van der Waals surface area contributed by atoms with Crippen molar-refractivity contribution in [3.05, 3.63) is 0 Å². The third-order valence-electron chi connectivity index (χ3n) is 3.09. The molecule has 0 aromatic heterocycles. The summed E-state index contributed by atoms with van der Waals surface area (Å²) in [6.45, 7) is 0. The number of alkyl halides is 4. The van der Waals surface area contributed by atoms with Gasteiger partial charge in [0, 0.05) is 30.8 Å². The predicted octanol–water partition coefficient (Wildman–Crippen LogP) is 2.42. The highest BCUT2D eigenvalue weighted by Gasteiger charge is 2.47. The molecular formula is C9H13F4N. The second-order valence-corrected chi connectivity index (χ2v) is 4.39. The molecule has 0 unspecified atom stereocenters. The summed E-state index contributed by atoms with van der Waals surface area (Å²) in [6.07, 6.45) is -1.67. The maximum absolute atomic E-state index is 12.4. The topological polar surface area (TPSA) is 12.0 Å². The summed E-state index contributed by atoms with van der Waals surface area (Å²) in [6, 6.07) is -0.122. The lowest BCUT2D eigenvalue weighted by atomic mass is 9.78. The van der Waals surface area contributed by atoms with Crippen LogP contribution in [0.5, 0.6) is 0 Å². The Hall–Kier alpha value is -0.320. The van der Waals surface area contributed by atoms with E-state index in [1.54, 1.807) is 0 Å². The van der Waals surface area contributed by atoms with Crippen LogP contribution in [0.25, 0.3) is 0 Å². The predicted molar refractivity (Wildman–Crippen MR) is 43.6 cm³/mol. The van der Waals surface area contributed by atoms with E-state index < -0.39 is 18.3 Å². The van der Waals surface area contributed by atoms with E-state index in [2.05, 4.69) is 5.32 Å². The number of rotatable bonds is 3. The van der Waals surface area contributed by atoms with Crippen LogP contribution in [-0.4, -0.2) is 24.4 Å². The molecule has 0 saturated heterocycles. The maximum atomic E-state index is 12.4. The van der Waals surface area contributed by atoms with Crippen LogP contribution >= 0.6 is 0 Å². The first-order valence-electron chi connectivity index (χ1n) is 4.88. The highest BCUT2D eigenvalue weighted by atomic mass is 19.3. The molecule has 0 amide bonds. The zero-order valence-corrected chi connectivity index (χ0v) is 7.65. The van der Waals surface area contributed by atoms with E-state index in [1.807, 2.05) is 0 Å². The summed E-state index contributed by atoms with van der Waals surface area (Å²) in [7, 11) is 0. The molecule has 0 spiro atoms. The maximum Gasteiger partial charge on any atom is 0.251 e. The van der Waals surface area contributed by atoms with E-state index in [1.165, 1.54) is 0 Å². The molecule has 2 fully saturated rings. The van der Waals surface area contributed by atoms with Crippen molar-refractivity contribution in [3.63, 3.8) is 0 Å². The summed E-state index contributed by atoms with van der Waals surface area (Å²) in [5.41, 5.74) is 0. The quantitative estimate of drug-likeness (QED) is 0.707. The van der Waals surface area contributed by atoms with E-state index in [0.717, 1.165) is 0 Å². The minimum Gasteiger partial charge on any atom is -0.311 e. The fourth-order valence-corrected chi connectivity index (χ4v) is 2.12. The smallest absolute Gasteiger partial charge is 0.251 e. The number of hydrogen-bond acceptors (Lipinski definition) is 1. The lowest BCUT2D eigenvalue weighted by Gasteiger charge is -2.43. The SMILES string of the molecule is FC(F)C1CC(NC2CC(F)(F)C2)C1. The molecule has 0 aromatic carbocycles. The molecule has 0 heterocycles. The van der Waals surface area contributed by atoms with Crippen LogP contribution in [0.15, 0.2) is 0 Å². The fraction of sp³-hybridized carbons (Fsp3) is 1.00. The van der Waals surface area contributed by atoms with E-state index in [0.29, 0.717) is 12.8 Å². The van der Waals surface area contributed by atoms with Gasteiger partial charge in [-0.2, -0.15) is 0 Å². The Morgan fingerprint density at radius 3 is 2.07 bits per heavy atom. The van der Waals surface area contributed by atoms with Gasteiger partial charge in [-0.1, -0.05) is 0 Å². The van der Waals surface area contributed by atoms with Crippen LogP contribution < -0.4 is 5.32 Å². The van der Waals surface area contributed by atoms with Gasteiger partial charge in [-0.15, -0.1) is 0 Å². The molecule has 2 aliphatic carbocycles. The van der Waals surface area contributed by atoms with Gasteiger partial charge in [0.15, 0.2) is 0 Å². The molecule has 14 heavy (non-hydrogen) atoms. The lowest BCUT2D eigenvalue weighted by Crippen LogP contribution is -2.55. The van der Waals surface area contributed by atoms with Crippen LogP contribution in [-0.2, 0) is 0 Å². The molecule has 0 radical (unpaired) electrons. The van der Waals surface area contributed by atoms with Gasteiger partial charge in [0.25, 0.3) is 5.92 Å². The largest absolute Gasteiger partial charge is 0.311 e. The lowest BCUT2D eigenvalue weighted by molar-refractivity contribution is -0.100. The Bertz CT molecular complexity index is 205. The average Bonchev–Trinajstić information content (AvgIpc) is 1.90. The Labute approximate surface area is 79.9 Å². The van der Waals surface area contributed by atoms with Crippen molar-refractivity contribution in [2.24, 2.45) is 5.92 Å². The third-order valence-corrected chi connectivity index (χ3v) is 3.09. The van der Waals surface area contributed by atoms with Crippen molar-refractivity contribution in [2.75, 3.05) is 0 Å². The van der Waals surface area contributed by atoms with E-state index in [-0.39, 0.29) is 24.9 Å². The first kappa shape index (κ1) is 10.2. The second kappa shape index (κ2) is 3.36. The molecule has 2 saturated carbocycles. The van der Waals surface area contributed by atoms with E-state index in [9.17, 15) is 17.6 Å². The minimum absolute atomic E-state index is 0.0371. The van der Waals surface area contributed by atoms with Gasteiger partial charge in [0.2, 0.25) is 6.43 Å². The van der Waals surface area contributed by atoms with Crippen molar-refractivity contribution >= 4 is 0 Å². The third kappa shape index (κ3) is 2.02. The molecule has 1 nitrogen and oxygen atoms in total. The molecule has 2 aliphatic rings. The summed E-state index contributed by atoms with van der Waals surface area (Å²) in [5.74, 6) is -3.04. The fourth-order valence-electron chi connectivity index (χ4n) is 2.12. The van der Waals surface area contributed by atoms with Crippen LogP contribution in [0.3, 0.4) is 0 Å². The Morgan fingerprint density at radius 1 is 1.07 bits per heavy atom. The van der Waals surface area contributed by atoms with Crippen LogP contribution in [0.4, 0.5) is 17.6 Å². The van der Waals surface area contributed by atoms with Gasteiger partial charge < -0.3 is 5.32 Å². The monoisotopic (exact) mass is 211 g/mol. The Balaban J connectivity index is 1.62. The number of halogens is 4. The minimum atomic E-state index is -2.52. The van der Waals surface area contributed by atoms with Gasteiger partial charge in [-0.05, 0) is 12.8 Å². The van der Waals surface area contributed by atoms with Gasteiger partial charge in [-0.25, -0.2) is 17.6 Å². The first-order valence-corrected chi connectivity index (χ1v) is 4.88. The highest BCUT2D eigenvalue weighted by molar-refractivity contribution is 4.96. The second-order valence-electron chi connectivity index (χ2n) is 4.39. The van der Waals surface area contributed by atoms with Crippen molar-refractivity contribution in [1.82, 2.24) is 5.32 Å². The Kier molecular flexibility index (Phi) is 2.45. The van der Waals surface area contributed by atoms with Gasteiger partial charge >= 0.3 is 0 Å². The van der Waals surface area contributed by atoms with Gasteiger partial charge in [0.05, 0.1) is 0 Å². The zero-order chi connectivity index (χ0) is 10.3. The van der Waals surface area contributed by atoms with Crippen LogP contribution in [0.2, 0.25) is 0 Å². The molecule has 2 rings (SSSR count). The molecular weight excluding hydrogens is 198 g/mol. The molecule has 0 aliphatic heterocycles. The number of hydrogen-bond donors (Lipinski definition) is 1. The van der Waals surface area contributed by atoms with E-state index >= 15 is 0 Å². The molecule has 0 atom stereocenters. The van der Waals surface area contributed by atoms with Crippen molar-refractivity contribution in [3.8, 4) is 0 Å². The van der Waals surface area contributed by atoms with Crippen LogP contribution in [0, 0.1) is 5.92 Å². The molecule has 5 heteroatoms. The molecule has 0 bridgehead atoms. The van der Waals surface area contributed by atoms with Crippen molar-refractivity contribution in [2.45, 2.75) is 50.1 Å². The molecule has 1 N–H and O–H groups in total. The van der Waals surface area contributed by atoms with Crippen LogP contribution in [0.1, 0.15) is 25.7 Å². The summed E-state index contributed by atoms with van der Waals surface area (Å²) < 4.78 is 48.9.